The van der Waals surface area contributed by atoms with Crippen LogP contribution >= 0.6 is 0 Å². The monoisotopic (exact) mass is 449 g/mol. The molecule has 1 N–H and O–H groups in total. The first-order chi connectivity index (χ1) is 15.7. The first kappa shape index (κ1) is 21.2. The molecule has 6 heteroatoms. The summed E-state index contributed by atoms with van der Waals surface area (Å²) < 4.78 is 7.95. The van der Waals surface area contributed by atoms with Crippen LogP contribution in [0.3, 0.4) is 0 Å². The first-order valence-electron chi connectivity index (χ1n) is 12.5. The van der Waals surface area contributed by atoms with Crippen LogP contribution in [-0.2, 0) is 4.74 Å². The molecule has 1 saturated heterocycles. The Labute approximate surface area is 196 Å². The summed E-state index contributed by atoms with van der Waals surface area (Å²) in [5.41, 5.74) is 3.24. The van der Waals surface area contributed by atoms with Crippen LogP contribution in [0.5, 0.6) is 0 Å². The van der Waals surface area contributed by atoms with Crippen LogP contribution in [0.15, 0.2) is 36.8 Å². The molecule has 2 bridgehead atoms. The average Bonchev–Trinajstić information content (AvgIpc) is 3.19. The molecule has 5 atom stereocenters. The number of imidazole rings is 1. The highest BCUT2D eigenvalue weighted by atomic mass is 16.6. The van der Waals surface area contributed by atoms with Crippen LogP contribution in [0.2, 0.25) is 0 Å². The number of nitrogens with zero attached hydrogens (tertiary/aromatic N) is 3. The molecule has 6 nitrogen and oxygen atoms in total. The van der Waals surface area contributed by atoms with Gasteiger partial charge in [-0.2, -0.15) is 0 Å². The van der Waals surface area contributed by atoms with Crippen LogP contribution in [-0.4, -0.2) is 50.4 Å². The van der Waals surface area contributed by atoms with Crippen LogP contribution < -0.4 is 0 Å². The van der Waals surface area contributed by atoms with Gasteiger partial charge in [-0.05, 0) is 75.7 Å². The maximum atomic E-state index is 12.8. The topological polar surface area (TPSA) is 67.6 Å². The van der Waals surface area contributed by atoms with E-state index >= 15 is 0 Å². The number of aliphatic hydroxyl groups is 1. The molecule has 1 amide bonds. The molecule has 2 unspecified atom stereocenters. The Balaban J connectivity index is 1.21. The molecule has 2 aliphatic carbocycles. The molecule has 176 valence electrons. The molecule has 3 fully saturated rings. The molecule has 4 aliphatic rings. The Bertz CT molecular complexity index is 1050. The van der Waals surface area contributed by atoms with Gasteiger partial charge in [0.1, 0.15) is 5.60 Å². The smallest absolute Gasteiger partial charge is 0.410 e. The van der Waals surface area contributed by atoms with Gasteiger partial charge in [-0.25, -0.2) is 9.78 Å². The fraction of sp³-hybridized carbons (Fsp3) is 0.630. The second-order valence-electron chi connectivity index (χ2n) is 12.0. The molecular weight excluding hydrogens is 414 g/mol. The number of ether oxygens (including phenoxy) is 1. The summed E-state index contributed by atoms with van der Waals surface area (Å²) in [7, 11) is 0. The van der Waals surface area contributed by atoms with Crippen molar-refractivity contribution < 1.29 is 14.6 Å². The predicted octanol–water partition coefficient (Wildman–Crippen LogP) is 4.88. The van der Waals surface area contributed by atoms with Crippen molar-refractivity contribution in [2.24, 2.45) is 23.2 Å². The number of fused-ring (bicyclic) bond motifs is 6. The summed E-state index contributed by atoms with van der Waals surface area (Å²) in [5, 5.41) is 11.7. The fourth-order valence-electron chi connectivity index (χ4n) is 7.39. The minimum Gasteiger partial charge on any atom is -0.444 e. The van der Waals surface area contributed by atoms with E-state index in [1.807, 2.05) is 38.2 Å². The zero-order valence-electron chi connectivity index (χ0n) is 19.9. The van der Waals surface area contributed by atoms with E-state index in [2.05, 4.69) is 33.8 Å². The second kappa shape index (κ2) is 7.33. The van der Waals surface area contributed by atoms with E-state index in [1.165, 1.54) is 11.1 Å². The molecule has 2 saturated carbocycles. The van der Waals surface area contributed by atoms with Crippen molar-refractivity contribution in [3.63, 3.8) is 0 Å². The Morgan fingerprint density at radius 3 is 2.48 bits per heavy atom. The van der Waals surface area contributed by atoms with Gasteiger partial charge in [-0.1, -0.05) is 24.3 Å². The van der Waals surface area contributed by atoms with Gasteiger partial charge < -0.3 is 19.3 Å². The number of hydrogen-bond acceptors (Lipinski definition) is 4. The molecule has 1 aromatic carbocycles. The number of aliphatic hydroxyl groups excluding tert-OH is 1. The normalized spacial score (nSPS) is 34.9. The zero-order valence-corrected chi connectivity index (χ0v) is 19.9. The molecular formula is C27H35N3O3. The van der Waals surface area contributed by atoms with E-state index in [9.17, 15) is 9.90 Å². The van der Waals surface area contributed by atoms with Gasteiger partial charge in [0.05, 0.1) is 30.4 Å². The summed E-state index contributed by atoms with van der Waals surface area (Å²) in [6.45, 7) is 7.29. The van der Waals surface area contributed by atoms with Gasteiger partial charge in [-0.3, -0.25) is 0 Å². The second-order valence-corrected chi connectivity index (χ2v) is 12.0. The highest BCUT2D eigenvalue weighted by Gasteiger charge is 2.59. The van der Waals surface area contributed by atoms with Crippen molar-refractivity contribution in [1.82, 2.24) is 14.5 Å². The fourth-order valence-corrected chi connectivity index (χ4v) is 7.39. The molecule has 33 heavy (non-hydrogen) atoms. The van der Waals surface area contributed by atoms with E-state index in [0.717, 1.165) is 50.9 Å². The molecule has 2 aliphatic heterocycles. The van der Waals surface area contributed by atoms with Crippen molar-refractivity contribution in [1.29, 1.82) is 0 Å². The maximum Gasteiger partial charge on any atom is 0.410 e. The van der Waals surface area contributed by atoms with Crippen molar-refractivity contribution >= 4 is 6.09 Å². The van der Waals surface area contributed by atoms with E-state index in [4.69, 9.17) is 4.74 Å². The van der Waals surface area contributed by atoms with Crippen LogP contribution in [0, 0.1) is 23.2 Å². The summed E-state index contributed by atoms with van der Waals surface area (Å²) >= 11 is 0. The van der Waals surface area contributed by atoms with E-state index in [0.29, 0.717) is 11.8 Å². The number of likely N-dealkylation sites (tertiary alicyclic amines) is 1. The largest absolute Gasteiger partial charge is 0.444 e. The third-order valence-electron chi connectivity index (χ3n) is 8.58. The maximum absolute atomic E-state index is 12.8. The Hall–Kier alpha value is -2.34. The van der Waals surface area contributed by atoms with Crippen molar-refractivity contribution in [3.8, 4) is 11.3 Å². The predicted molar refractivity (Wildman–Crippen MR) is 126 cm³/mol. The number of rotatable bonds is 1. The first-order valence-corrected chi connectivity index (χ1v) is 12.5. The molecule has 0 radical (unpaired) electrons. The number of aromatic nitrogens is 2. The van der Waals surface area contributed by atoms with Gasteiger partial charge >= 0.3 is 6.09 Å². The van der Waals surface area contributed by atoms with Crippen molar-refractivity contribution in [3.05, 3.63) is 42.4 Å². The standard InChI is InChI=1S/C27H35N3O3/c1-26(2,3)33-25(32)29-14-17-8-9-18(15-29)11-27(10-17)12-21(24(27)31)23-20-7-5-4-6-19(20)22-13-28-16-30(22)23/h4-7,13,16-18,21,23-24,31H,8-12,14-15H2,1-3H3/t17?,18?,21-,23-,24-,27?/m1/s1. The molecule has 2 aromatic rings. The average molecular weight is 450 g/mol. The quantitative estimate of drug-likeness (QED) is 0.674. The van der Waals surface area contributed by atoms with Gasteiger partial charge in [0, 0.05) is 24.6 Å². The van der Waals surface area contributed by atoms with Gasteiger partial charge in [0.15, 0.2) is 0 Å². The lowest BCUT2D eigenvalue weighted by atomic mass is 9.51. The lowest BCUT2D eigenvalue weighted by Gasteiger charge is -2.57. The minimum absolute atomic E-state index is 0.0190. The highest BCUT2D eigenvalue weighted by molar-refractivity contribution is 5.69. The van der Waals surface area contributed by atoms with Crippen LogP contribution in [0.4, 0.5) is 4.79 Å². The summed E-state index contributed by atoms with van der Waals surface area (Å²) in [4.78, 5) is 19.1. The Kier molecular flexibility index (Phi) is 4.71. The SMILES string of the molecule is CC(C)(C)OC(=O)N1CC2CCC(C1)CC1(C2)C[C@H]([C@H]2c3ccccc3-c3cncn32)[C@H]1O. The summed E-state index contributed by atoms with van der Waals surface area (Å²) in [5.74, 6) is 1.07. The Morgan fingerprint density at radius 2 is 1.82 bits per heavy atom. The summed E-state index contributed by atoms with van der Waals surface area (Å²) in [6.07, 6.45) is 8.71. The molecule has 1 aromatic heterocycles. The number of hydrogen-bond donors (Lipinski definition) is 1. The van der Waals surface area contributed by atoms with E-state index < -0.39 is 5.60 Å². The van der Waals surface area contributed by atoms with Crippen LogP contribution in [0.25, 0.3) is 11.3 Å². The van der Waals surface area contributed by atoms with E-state index in [-0.39, 0.29) is 29.6 Å². The molecule has 6 rings (SSSR count). The van der Waals surface area contributed by atoms with Gasteiger partial charge in [0.25, 0.3) is 0 Å². The minimum atomic E-state index is -0.471. The number of amides is 1. The van der Waals surface area contributed by atoms with Crippen molar-refractivity contribution in [2.75, 3.05) is 13.1 Å². The third kappa shape index (κ3) is 3.40. The lowest BCUT2D eigenvalue weighted by molar-refractivity contribution is -0.155. The van der Waals surface area contributed by atoms with Crippen molar-refractivity contribution in [2.45, 2.75) is 70.6 Å². The highest BCUT2D eigenvalue weighted by Crippen LogP contribution is 2.62. The Morgan fingerprint density at radius 1 is 1.12 bits per heavy atom. The number of carbonyl (C=O) groups is 1. The summed E-state index contributed by atoms with van der Waals surface area (Å²) in [6, 6.07) is 8.74. The van der Waals surface area contributed by atoms with Crippen LogP contribution in [0.1, 0.15) is 64.5 Å². The third-order valence-corrected chi connectivity index (χ3v) is 8.58. The molecule has 1 spiro atoms. The zero-order chi connectivity index (χ0) is 23.0. The van der Waals surface area contributed by atoms with Gasteiger partial charge in [0.2, 0.25) is 0 Å². The molecule has 3 heterocycles. The van der Waals surface area contributed by atoms with Gasteiger partial charge in [-0.15, -0.1) is 0 Å². The number of carbonyl (C=O) groups excluding carboxylic acids is 1. The van der Waals surface area contributed by atoms with E-state index in [1.54, 1.807) is 0 Å². The lowest BCUT2D eigenvalue weighted by Crippen LogP contribution is -2.58. The number of benzene rings is 1.